The summed E-state index contributed by atoms with van der Waals surface area (Å²) in [7, 11) is 0. The lowest BCUT2D eigenvalue weighted by Crippen LogP contribution is -2.61. The van der Waals surface area contributed by atoms with Gasteiger partial charge in [0, 0.05) is 51.9 Å². The highest BCUT2D eigenvalue weighted by molar-refractivity contribution is 5.98. The zero-order chi connectivity index (χ0) is 81.0. The summed E-state index contributed by atoms with van der Waals surface area (Å²) in [5.41, 5.74) is 38.0. The van der Waals surface area contributed by atoms with Crippen LogP contribution in [0.25, 0.3) is 44.5 Å². The summed E-state index contributed by atoms with van der Waals surface area (Å²) in [6.07, 6.45) is -0.0906. The van der Waals surface area contributed by atoms with Gasteiger partial charge in [-0.05, 0) is 118 Å². The number of carbonyl (C=O) groups excluding carboxylic acids is 7. The fourth-order valence-corrected chi connectivity index (χ4v) is 12.6. The number of guanidine groups is 4. The van der Waals surface area contributed by atoms with Crippen LogP contribution in [0, 0.1) is 21.6 Å². The van der Waals surface area contributed by atoms with E-state index in [1.54, 1.807) is 36.4 Å². The second-order valence-corrected chi connectivity index (χ2v) is 27.4. The molecular formula is C84H102N20O9. The number of amides is 7. The highest BCUT2D eigenvalue weighted by Gasteiger charge is 2.36. The van der Waals surface area contributed by atoms with E-state index in [1.807, 2.05) is 182 Å². The van der Waals surface area contributed by atoms with Gasteiger partial charge in [0.2, 0.25) is 41.4 Å². The van der Waals surface area contributed by atoms with Gasteiger partial charge in [0.05, 0.1) is 6.04 Å². The maximum absolute atomic E-state index is 15.7. The van der Waals surface area contributed by atoms with E-state index in [-0.39, 0.29) is 121 Å². The van der Waals surface area contributed by atoms with E-state index >= 15 is 24.0 Å². The fraction of sp³-hybridized carbons (Fsp3) is 0.286. The number of hydrogen-bond acceptors (Lipinski definition) is 13. The molecule has 0 saturated carbocycles. The average Bonchev–Trinajstić information content (AvgIpc) is 0.817. The minimum Gasteiger partial charge on any atom is -0.480 e. The summed E-state index contributed by atoms with van der Waals surface area (Å²) in [4.78, 5) is 118. The van der Waals surface area contributed by atoms with Crippen LogP contribution in [0.4, 0.5) is 0 Å². The predicted octanol–water partition coefficient (Wildman–Crippen LogP) is 4.48. The van der Waals surface area contributed by atoms with E-state index in [0.29, 0.717) is 28.7 Å². The second kappa shape index (κ2) is 44.3. The molecule has 8 aromatic carbocycles. The third kappa shape index (κ3) is 28.8. The Labute approximate surface area is 657 Å². The molecule has 113 heavy (non-hydrogen) atoms. The third-order valence-electron chi connectivity index (χ3n) is 18.7. The van der Waals surface area contributed by atoms with E-state index in [9.17, 15) is 19.5 Å². The Bertz CT molecular complexity index is 4470. The lowest BCUT2D eigenvalue weighted by molar-refractivity contribution is -0.142. The van der Waals surface area contributed by atoms with Gasteiger partial charge in [-0.25, -0.2) is 4.79 Å². The monoisotopic (exact) mass is 1530 g/mol. The first-order valence-corrected chi connectivity index (χ1v) is 37.4. The molecule has 8 aromatic rings. The van der Waals surface area contributed by atoms with Crippen molar-refractivity contribution in [3.63, 3.8) is 0 Å². The highest BCUT2D eigenvalue weighted by Crippen LogP contribution is 2.25. The average molecular weight is 1540 g/mol. The maximum atomic E-state index is 15.7. The van der Waals surface area contributed by atoms with Crippen molar-refractivity contribution in [2.45, 2.75) is 125 Å². The van der Waals surface area contributed by atoms with Gasteiger partial charge in [-0.2, -0.15) is 0 Å². The number of rotatable bonds is 43. The van der Waals surface area contributed by atoms with Gasteiger partial charge >= 0.3 is 5.97 Å². The molecule has 592 valence electrons. The fourth-order valence-electron chi connectivity index (χ4n) is 12.6. The first-order chi connectivity index (χ1) is 54.4. The van der Waals surface area contributed by atoms with Crippen molar-refractivity contribution in [1.29, 1.82) is 21.6 Å². The van der Waals surface area contributed by atoms with Crippen LogP contribution in [-0.4, -0.2) is 151 Å². The van der Waals surface area contributed by atoms with Gasteiger partial charge in [0.1, 0.15) is 42.3 Å². The van der Waals surface area contributed by atoms with E-state index in [0.717, 1.165) is 44.5 Å². The van der Waals surface area contributed by atoms with Crippen LogP contribution in [0.3, 0.4) is 0 Å². The molecule has 0 aromatic heterocycles. The molecule has 0 fully saturated rings. The Balaban J connectivity index is 1.13. The van der Waals surface area contributed by atoms with Crippen molar-refractivity contribution in [1.82, 2.24) is 58.5 Å². The molecule has 0 radical (unpaired) electrons. The molecule has 0 unspecified atom stereocenters. The molecule has 0 aliphatic rings. The van der Waals surface area contributed by atoms with Gasteiger partial charge in [0.15, 0.2) is 23.8 Å². The van der Waals surface area contributed by atoms with Crippen molar-refractivity contribution in [3.8, 4) is 44.5 Å². The third-order valence-corrected chi connectivity index (χ3v) is 18.7. The number of carbonyl (C=O) groups is 8. The molecule has 8 rings (SSSR count). The van der Waals surface area contributed by atoms with Crippen LogP contribution < -0.4 is 87.2 Å². The number of nitrogens with one attached hydrogen (secondary N) is 15. The van der Waals surface area contributed by atoms with Crippen molar-refractivity contribution >= 4 is 71.2 Å². The van der Waals surface area contributed by atoms with Crippen LogP contribution in [0.5, 0.6) is 0 Å². The Morgan fingerprint density at radius 2 is 0.460 bits per heavy atom. The quantitative estimate of drug-likeness (QED) is 0.0142. The SMILES string of the molecule is N=C(N)NCCC[C@H](NC(=O)[C@H](CCCNC(=N)N)NC(=O)[C@H](CCCNC(=N)N)NC(=O)[C@@H](N)CCCNC(=N)N)C(=O)N[C@@H](Cc1ccc(-c2ccccc2)cc1)C(=O)N[C@@H](Cc1ccc(-c2ccccc2)cc1)C(=O)N[C@@H](Cc1ccc(-c2ccccc2)cc1)C(=O)N[C@@H](Cc1ccc(-c2ccccc2)cc1)C(=O)O. The second-order valence-electron chi connectivity index (χ2n) is 27.4. The van der Waals surface area contributed by atoms with Gasteiger partial charge in [-0.1, -0.05) is 218 Å². The first-order valence-electron chi connectivity index (χ1n) is 37.4. The molecule has 0 saturated heterocycles. The van der Waals surface area contributed by atoms with E-state index in [2.05, 4.69) is 58.5 Å². The molecule has 0 bridgehead atoms. The maximum Gasteiger partial charge on any atom is 0.326 e. The normalized spacial score (nSPS) is 13.0. The molecule has 7 amide bonds. The first kappa shape index (κ1) is 85.2. The Morgan fingerprint density at radius 3 is 0.699 bits per heavy atom. The molecule has 8 atom stereocenters. The smallest absolute Gasteiger partial charge is 0.326 e. The summed E-state index contributed by atoms with van der Waals surface area (Å²) in [5.74, 6) is -8.55. The summed E-state index contributed by atoms with van der Waals surface area (Å²) < 4.78 is 0. The number of carboxylic acids is 1. The van der Waals surface area contributed by atoms with Crippen molar-refractivity contribution in [2.75, 3.05) is 26.2 Å². The zero-order valence-electron chi connectivity index (χ0n) is 62.8. The molecule has 26 N–H and O–H groups in total. The van der Waals surface area contributed by atoms with E-state index < -0.39 is 95.7 Å². The molecule has 0 spiro atoms. The van der Waals surface area contributed by atoms with Crippen LogP contribution in [0.1, 0.15) is 73.6 Å². The summed E-state index contributed by atoms with van der Waals surface area (Å²) in [5, 5.41) is 71.8. The molecule has 0 heterocycles. The molecular weight excluding hydrogens is 1430 g/mol. The van der Waals surface area contributed by atoms with Crippen LogP contribution >= 0.6 is 0 Å². The number of benzene rings is 8. The lowest BCUT2D eigenvalue weighted by atomic mass is 9.97. The minimum atomic E-state index is -1.54. The van der Waals surface area contributed by atoms with Crippen molar-refractivity contribution < 1.29 is 43.5 Å². The van der Waals surface area contributed by atoms with E-state index in [4.69, 9.17) is 50.3 Å². The van der Waals surface area contributed by atoms with Crippen LogP contribution in [0.2, 0.25) is 0 Å². The largest absolute Gasteiger partial charge is 0.480 e. The van der Waals surface area contributed by atoms with Crippen LogP contribution in [0.15, 0.2) is 218 Å². The standard InChI is InChI=1S/C84H102N20O9/c85-65(25-13-45-94-81(86)87)73(105)98-66(26-14-46-95-82(88)89)74(106)99-67(27-15-47-96-83(90)91)75(107)100-68(28-16-48-97-84(92)93)76(108)101-69(49-53-29-37-61(38-30-53)57-17-5-1-6-18-57)77(109)102-70(50-54-31-39-62(40-32-54)58-19-7-2-8-20-58)78(110)103-71(51-55-33-41-63(42-34-55)59-21-9-3-10-22-59)79(111)104-72(80(112)113)52-56-35-43-64(44-36-56)60-23-11-4-12-24-60/h1-12,17-24,29-44,65-72H,13-16,25-28,45-52,85H2,(H,98,105)(H,99,106)(H,100,107)(H,101,108)(H,102,109)(H,103,110)(H,104,111)(H,112,113)(H4,86,87,94)(H4,88,89,95)(H4,90,91,96)(H4,92,93,97)/t65-,66-,67-,68-,69-,70-,71-,72-/m0/s1. The molecule has 0 aliphatic heterocycles. The molecule has 29 nitrogen and oxygen atoms in total. The summed E-state index contributed by atoms with van der Waals surface area (Å²) in [6.45, 7) is 0.469. The Hall–Kier alpha value is -13.4. The van der Waals surface area contributed by atoms with Gasteiger partial charge in [-0.3, -0.25) is 55.2 Å². The predicted molar refractivity (Wildman–Crippen MR) is 438 cm³/mol. The zero-order valence-corrected chi connectivity index (χ0v) is 62.8. The van der Waals surface area contributed by atoms with Gasteiger partial charge < -0.3 is 92.3 Å². The lowest BCUT2D eigenvalue weighted by Gasteiger charge is -2.28. The molecule has 29 heteroatoms. The molecule has 0 aliphatic carbocycles. The highest BCUT2D eigenvalue weighted by atomic mass is 16.4. The van der Waals surface area contributed by atoms with Gasteiger partial charge in [-0.15, -0.1) is 0 Å². The van der Waals surface area contributed by atoms with E-state index in [1.165, 1.54) is 0 Å². The number of aliphatic carboxylic acids is 1. The van der Waals surface area contributed by atoms with Crippen LogP contribution in [-0.2, 0) is 64.0 Å². The Morgan fingerprint density at radius 1 is 0.265 bits per heavy atom. The summed E-state index contributed by atoms with van der Waals surface area (Å²) >= 11 is 0. The number of hydrogen-bond donors (Lipinski definition) is 21. The Kier molecular flexibility index (Phi) is 33.4. The van der Waals surface area contributed by atoms with Crippen molar-refractivity contribution in [3.05, 3.63) is 241 Å². The minimum absolute atomic E-state index is 0.0361. The number of carboxylic acid groups (broad SMARTS) is 1. The summed E-state index contributed by atoms with van der Waals surface area (Å²) in [6, 6.07) is 56.3. The number of nitrogens with two attached hydrogens (primary N) is 5. The van der Waals surface area contributed by atoms with Gasteiger partial charge in [0.25, 0.3) is 0 Å². The topological polar surface area (TPSA) is 515 Å². The van der Waals surface area contributed by atoms with Crippen molar-refractivity contribution in [2.24, 2.45) is 28.7 Å².